The van der Waals surface area contributed by atoms with Crippen LogP contribution in [0.3, 0.4) is 0 Å². The van der Waals surface area contributed by atoms with E-state index in [0.29, 0.717) is 23.6 Å². The summed E-state index contributed by atoms with van der Waals surface area (Å²) in [6.45, 7) is 7.75. The summed E-state index contributed by atoms with van der Waals surface area (Å²) in [5, 5.41) is 2.66. The number of rotatable bonds is 6. The van der Waals surface area contributed by atoms with E-state index in [1.165, 1.54) is 0 Å². The summed E-state index contributed by atoms with van der Waals surface area (Å²) < 4.78 is 10.4. The zero-order chi connectivity index (χ0) is 18.3. The highest BCUT2D eigenvalue weighted by Gasteiger charge is 2.17. The van der Waals surface area contributed by atoms with Gasteiger partial charge in [0.1, 0.15) is 12.2 Å². The van der Waals surface area contributed by atoms with E-state index in [0.717, 1.165) is 11.1 Å². The molecule has 0 radical (unpaired) electrons. The first kappa shape index (κ1) is 20.9. The van der Waals surface area contributed by atoms with Gasteiger partial charge in [0.05, 0.1) is 5.56 Å². The van der Waals surface area contributed by atoms with Crippen LogP contribution < -0.4 is 11.1 Å². The summed E-state index contributed by atoms with van der Waals surface area (Å²) in [4.78, 5) is 23.9. The second-order valence-corrected chi connectivity index (χ2v) is 8.67. The molecule has 3 N–H and O–H groups in total. The summed E-state index contributed by atoms with van der Waals surface area (Å²) in [6.07, 6.45) is -0.514. The third-order valence-corrected chi connectivity index (χ3v) is 4.54. The number of carbonyl (C=O) groups excluding carboxylic acids is 2. The topological polar surface area (TPSA) is 90.6 Å². The first-order valence-electron chi connectivity index (χ1n) is 7.40. The molecule has 0 saturated heterocycles. The van der Waals surface area contributed by atoms with Gasteiger partial charge in [-0.3, -0.25) is 0 Å². The fourth-order valence-electron chi connectivity index (χ4n) is 1.88. The summed E-state index contributed by atoms with van der Waals surface area (Å²) in [5.74, 6) is 0.255. The number of nitrogen functional groups attached to an aromatic ring is 1. The Morgan fingerprint density at radius 3 is 2.58 bits per heavy atom. The lowest BCUT2D eigenvalue weighted by atomic mass is 10.0. The lowest BCUT2D eigenvalue weighted by Crippen LogP contribution is -2.32. The van der Waals surface area contributed by atoms with Gasteiger partial charge in [-0.15, -0.1) is 0 Å². The van der Waals surface area contributed by atoms with Gasteiger partial charge in [-0.25, -0.2) is 9.59 Å². The third-order valence-electron chi connectivity index (χ3n) is 2.90. The highest BCUT2D eigenvalue weighted by molar-refractivity contribution is 14.2. The third kappa shape index (κ3) is 7.16. The van der Waals surface area contributed by atoms with Crippen LogP contribution in [-0.2, 0) is 16.0 Å². The molecule has 0 atom stereocenters. The van der Waals surface area contributed by atoms with Gasteiger partial charge in [0.25, 0.3) is 0 Å². The van der Waals surface area contributed by atoms with Crippen molar-refractivity contribution in [3.63, 3.8) is 0 Å². The SMILES string of the molecule is Cc1cc(CNC(=O)OC(C)(C)C)cc(C(=O)OCCSI)c1N. The molecule has 0 aromatic heterocycles. The molecule has 6 nitrogen and oxygen atoms in total. The fourth-order valence-corrected chi connectivity index (χ4v) is 2.56. The number of benzene rings is 1. The molecule has 1 aromatic rings. The summed E-state index contributed by atoms with van der Waals surface area (Å²) in [6, 6.07) is 3.46. The largest absolute Gasteiger partial charge is 0.461 e. The van der Waals surface area contributed by atoms with Gasteiger partial charge in [0, 0.05) is 18.0 Å². The monoisotopic (exact) mass is 466 g/mol. The average Bonchev–Trinajstić information content (AvgIpc) is 2.46. The Morgan fingerprint density at radius 1 is 1.33 bits per heavy atom. The van der Waals surface area contributed by atoms with Crippen molar-refractivity contribution in [3.05, 3.63) is 28.8 Å². The molecule has 0 fully saturated rings. The number of hydrogen-bond donors (Lipinski definition) is 2. The number of aryl methyl sites for hydroxylation is 1. The molecular formula is C16H23IN2O4S. The minimum absolute atomic E-state index is 0.236. The van der Waals surface area contributed by atoms with E-state index in [1.807, 2.05) is 13.0 Å². The molecular weight excluding hydrogens is 443 g/mol. The summed E-state index contributed by atoms with van der Waals surface area (Å²) >= 11 is 2.14. The molecule has 0 saturated carbocycles. The number of ether oxygens (including phenoxy) is 2. The predicted molar refractivity (Wildman–Crippen MR) is 105 cm³/mol. The van der Waals surface area contributed by atoms with Gasteiger partial charge in [-0.2, -0.15) is 0 Å². The van der Waals surface area contributed by atoms with Crippen molar-refractivity contribution in [1.29, 1.82) is 0 Å². The molecule has 134 valence electrons. The number of alkyl carbamates (subject to hydrolysis) is 1. The molecule has 24 heavy (non-hydrogen) atoms. The zero-order valence-electron chi connectivity index (χ0n) is 14.3. The Balaban J connectivity index is 2.79. The molecule has 0 heterocycles. The van der Waals surface area contributed by atoms with Gasteiger partial charge in [0.2, 0.25) is 0 Å². The van der Waals surface area contributed by atoms with E-state index in [1.54, 1.807) is 35.8 Å². The first-order chi connectivity index (χ1) is 11.1. The second kappa shape index (κ2) is 9.36. The molecule has 1 rings (SSSR count). The Kier molecular flexibility index (Phi) is 8.14. The predicted octanol–water partition coefficient (Wildman–Crippen LogP) is 3.84. The van der Waals surface area contributed by atoms with Crippen LogP contribution in [0.2, 0.25) is 0 Å². The number of carbonyl (C=O) groups is 2. The number of nitrogens with one attached hydrogen (secondary N) is 1. The Bertz CT molecular complexity index is 602. The minimum atomic E-state index is -0.563. The minimum Gasteiger partial charge on any atom is -0.461 e. The molecule has 1 amide bonds. The van der Waals surface area contributed by atoms with Gasteiger partial charge in [-0.1, -0.05) is 15.0 Å². The lowest BCUT2D eigenvalue weighted by molar-refractivity contribution is 0.0519. The van der Waals surface area contributed by atoms with Crippen LogP contribution in [0.25, 0.3) is 0 Å². The quantitative estimate of drug-likeness (QED) is 0.287. The van der Waals surface area contributed by atoms with Crippen molar-refractivity contribution in [3.8, 4) is 0 Å². The molecule has 0 unspecified atom stereocenters. The van der Waals surface area contributed by atoms with Crippen molar-refractivity contribution in [1.82, 2.24) is 5.32 Å². The van der Waals surface area contributed by atoms with Crippen molar-refractivity contribution in [2.75, 3.05) is 18.1 Å². The molecule has 1 aromatic carbocycles. The van der Waals surface area contributed by atoms with Crippen molar-refractivity contribution in [2.24, 2.45) is 0 Å². The number of nitrogens with two attached hydrogens (primary N) is 1. The second-order valence-electron chi connectivity index (χ2n) is 6.18. The molecule has 0 bridgehead atoms. The smallest absolute Gasteiger partial charge is 0.407 e. The van der Waals surface area contributed by atoms with E-state index in [2.05, 4.69) is 26.5 Å². The van der Waals surface area contributed by atoms with Crippen LogP contribution in [0.15, 0.2) is 12.1 Å². The maximum absolute atomic E-state index is 12.1. The van der Waals surface area contributed by atoms with Crippen LogP contribution in [0.1, 0.15) is 42.3 Å². The van der Waals surface area contributed by atoms with Crippen LogP contribution in [-0.4, -0.2) is 30.0 Å². The van der Waals surface area contributed by atoms with Crippen LogP contribution in [0.4, 0.5) is 10.5 Å². The van der Waals surface area contributed by atoms with E-state index < -0.39 is 17.7 Å². The number of halogens is 1. The lowest BCUT2D eigenvalue weighted by Gasteiger charge is -2.20. The number of amides is 1. The van der Waals surface area contributed by atoms with Gasteiger partial charge < -0.3 is 20.5 Å². The maximum atomic E-state index is 12.1. The normalized spacial score (nSPS) is 11.0. The molecule has 0 aliphatic carbocycles. The van der Waals surface area contributed by atoms with E-state index >= 15 is 0 Å². The van der Waals surface area contributed by atoms with Crippen LogP contribution in [0.5, 0.6) is 0 Å². The highest BCUT2D eigenvalue weighted by Crippen LogP contribution is 2.21. The zero-order valence-corrected chi connectivity index (χ0v) is 17.2. The Morgan fingerprint density at radius 2 is 2.00 bits per heavy atom. The van der Waals surface area contributed by atoms with Gasteiger partial charge >= 0.3 is 12.1 Å². The average molecular weight is 466 g/mol. The molecule has 0 aliphatic rings. The standard InChI is InChI=1S/C16H23IN2O4S/c1-10-7-11(9-19-15(21)23-16(2,3)4)8-12(13(10)18)14(20)22-5-6-24-17/h7-8H,5-6,9,18H2,1-4H3,(H,19,21). The van der Waals surface area contributed by atoms with E-state index in [9.17, 15) is 9.59 Å². The van der Waals surface area contributed by atoms with Crippen molar-refractivity contribution in [2.45, 2.75) is 39.8 Å². The first-order valence-corrected chi connectivity index (χ1v) is 10.9. The van der Waals surface area contributed by atoms with Crippen LogP contribution >= 0.6 is 30.1 Å². The van der Waals surface area contributed by atoms with E-state index in [4.69, 9.17) is 15.2 Å². The fraction of sp³-hybridized carbons (Fsp3) is 0.500. The van der Waals surface area contributed by atoms with Crippen LogP contribution in [0, 0.1) is 6.92 Å². The number of hydrogen-bond acceptors (Lipinski definition) is 6. The Labute approximate surface area is 158 Å². The number of esters is 1. The van der Waals surface area contributed by atoms with E-state index in [-0.39, 0.29) is 6.54 Å². The van der Waals surface area contributed by atoms with Gasteiger partial charge in [-0.05, 0) is 66.1 Å². The van der Waals surface area contributed by atoms with Gasteiger partial charge in [0.15, 0.2) is 0 Å². The van der Waals surface area contributed by atoms with Crippen molar-refractivity contribution < 1.29 is 19.1 Å². The number of anilines is 1. The summed E-state index contributed by atoms with van der Waals surface area (Å²) in [7, 11) is 1.57. The molecule has 0 spiro atoms. The Hall–Kier alpha value is -1.16. The highest BCUT2D eigenvalue weighted by atomic mass is 127. The maximum Gasteiger partial charge on any atom is 0.407 e. The molecule has 0 aliphatic heterocycles. The van der Waals surface area contributed by atoms with Crippen molar-refractivity contribution >= 4 is 47.9 Å². The molecule has 8 heteroatoms. The summed E-state index contributed by atoms with van der Waals surface area (Å²) in [5.41, 5.74) is 7.63.